The average molecular weight is 346 g/mol. The molecule has 1 aliphatic carbocycles. The van der Waals surface area contributed by atoms with Crippen molar-refractivity contribution in [1.82, 2.24) is 5.32 Å². The third kappa shape index (κ3) is 4.52. The standard InChI is InChI=1S/C15H17Cl2NO4/c1-8(22-13-6-10(16)5-11(17)7-13)14(19)18-12-3-2-9(4-12)15(20)21/h5-9,12H,2-4H2,1H3,(H,18,19)(H,20,21)/t8?,9-,12+/m0/s1. The molecule has 0 aromatic heterocycles. The summed E-state index contributed by atoms with van der Waals surface area (Å²) in [4.78, 5) is 23.0. The maximum atomic E-state index is 12.1. The Balaban J connectivity index is 1.88. The van der Waals surface area contributed by atoms with Gasteiger partial charge in [0.2, 0.25) is 0 Å². The summed E-state index contributed by atoms with van der Waals surface area (Å²) in [5.41, 5.74) is 0. The molecule has 0 spiro atoms. The maximum absolute atomic E-state index is 12.1. The van der Waals surface area contributed by atoms with E-state index in [9.17, 15) is 9.59 Å². The first kappa shape index (κ1) is 16.9. The molecule has 22 heavy (non-hydrogen) atoms. The van der Waals surface area contributed by atoms with Crippen LogP contribution in [0.15, 0.2) is 18.2 Å². The second-order valence-corrected chi connectivity index (χ2v) is 6.29. The summed E-state index contributed by atoms with van der Waals surface area (Å²) in [6.45, 7) is 1.62. The molecule has 1 fully saturated rings. The number of aliphatic carboxylic acids is 1. The number of halogens is 2. The zero-order chi connectivity index (χ0) is 16.3. The van der Waals surface area contributed by atoms with Crippen LogP contribution in [0.3, 0.4) is 0 Å². The number of carboxylic acid groups (broad SMARTS) is 1. The number of carbonyl (C=O) groups is 2. The van der Waals surface area contributed by atoms with Gasteiger partial charge in [0, 0.05) is 16.1 Å². The Morgan fingerprint density at radius 2 is 1.91 bits per heavy atom. The maximum Gasteiger partial charge on any atom is 0.306 e. The lowest BCUT2D eigenvalue weighted by molar-refractivity contribution is -0.141. The number of benzene rings is 1. The van der Waals surface area contributed by atoms with Gasteiger partial charge in [0.1, 0.15) is 5.75 Å². The third-order valence-corrected chi connectivity index (χ3v) is 4.08. The highest BCUT2D eigenvalue weighted by Gasteiger charge is 2.31. The van der Waals surface area contributed by atoms with Gasteiger partial charge >= 0.3 is 5.97 Å². The second-order valence-electron chi connectivity index (χ2n) is 5.42. The van der Waals surface area contributed by atoms with E-state index in [1.165, 1.54) is 0 Å². The van der Waals surface area contributed by atoms with Gasteiger partial charge in [0.05, 0.1) is 5.92 Å². The summed E-state index contributed by atoms with van der Waals surface area (Å²) in [6.07, 6.45) is 0.979. The summed E-state index contributed by atoms with van der Waals surface area (Å²) in [7, 11) is 0. The van der Waals surface area contributed by atoms with Crippen LogP contribution in [0, 0.1) is 5.92 Å². The van der Waals surface area contributed by atoms with E-state index < -0.39 is 12.1 Å². The first-order valence-electron chi connectivity index (χ1n) is 7.01. The molecule has 3 atom stereocenters. The second kappa shape index (κ2) is 7.20. The van der Waals surface area contributed by atoms with Crippen molar-refractivity contribution >= 4 is 35.1 Å². The molecule has 1 unspecified atom stereocenters. The van der Waals surface area contributed by atoms with Gasteiger partial charge in [-0.2, -0.15) is 0 Å². The van der Waals surface area contributed by atoms with Crippen LogP contribution >= 0.6 is 23.2 Å². The molecule has 1 amide bonds. The molecule has 5 nitrogen and oxygen atoms in total. The van der Waals surface area contributed by atoms with E-state index >= 15 is 0 Å². The Bertz CT molecular complexity index is 558. The average Bonchev–Trinajstić information content (AvgIpc) is 2.86. The van der Waals surface area contributed by atoms with Crippen molar-refractivity contribution in [1.29, 1.82) is 0 Å². The molecule has 2 N–H and O–H groups in total. The number of hydrogen-bond acceptors (Lipinski definition) is 3. The van der Waals surface area contributed by atoms with E-state index in [1.807, 2.05) is 0 Å². The van der Waals surface area contributed by atoms with Crippen LogP contribution in [0.2, 0.25) is 10.0 Å². The molecule has 0 aliphatic heterocycles. The van der Waals surface area contributed by atoms with Gasteiger partial charge < -0.3 is 15.2 Å². The predicted molar refractivity (Wildman–Crippen MR) is 83.5 cm³/mol. The van der Waals surface area contributed by atoms with Gasteiger partial charge in [-0.3, -0.25) is 9.59 Å². The quantitative estimate of drug-likeness (QED) is 0.859. The minimum Gasteiger partial charge on any atom is -0.481 e. The Hall–Kier alpha value is -1.46. The minimum absolute atomic E-state index is 0.123. The van der Waals surface area contributed by atoms with Crippen LogP contribution < -0.4 is 10.1 Å². The van der Waals surface area contributed by atoms with Gasteiger partial charge in [-0.1, -0.05) is 23.2 Å². The summed E-state index contributed by atoms with van der Waals surface area (Å²) < 4.78 is 5.53. The molecular weight excluding hydrogens is 329 g/mol. The zero-order valence-corrected chi connectivity index (χ0v) is 13.5. The molecule has 120 valence electrons. The number of amides is 1. The minimum atomic E-state index is -0.811. The Morgan fingerprint density at radius 3 is 2.45 bits per heavy atom. The van der Waals surface area contributed by atoms with Gasteiger partial charge in [0.25, 0.3) is 5.91 Å². The fourth-order valence-corrected chi connectivity index (χ4v) is 3.02. The molecule has 0 heterocycles. The SMILES string of the molecule is CC(Oc1cc(Cl)cc(Cl)c1)C(=O)N[C@@H]1CC[C@H](C(=O)O)C1. The number of hydrogen-bond donors (Lipinski definition) is 2. The van der Waals surface area contributed by atoms with Crippen molar-refractivity contribution in [2.75, 3.05) is 0 Å². The molecule has 1 saturated carbocycles. The lowest BCUT2D eigenvalue weighted by atomic mass is 10.1. The Morgan fingerprint density at radius 1 is 1.27 bits per heavy atom. The molecule has 2 rings (SSSR count). The predicted octanol–water partition coefficient (Wildman–Crippen LogP) is 3.13. The number of carbonyl (C=O) groups excluding carboxylic acids is 1. The largest absolute Gasteiger partial charge is 0.481 e. The summed E-state index contributed by atoms with van der Waals surface area (Å²) in [5.74, 6) is -1.06. The van der Waals surface area contributed by atoms with Crippen molar-refractivity contribution in [3.63, 3.8) is 0 Å². The molecule has 0 radical (unpaired) electrons. The molecule has 1 aliphatic rings. The third-order valence-electron chi connectivity index (χ3n) is 3.65. The van der Waals surface area contributed by atoms with E-state index in [-0.39, 0.29) is 17.9 Å². The monoisotopic (exact) mass is 345 g/mol. The summed E-state index contributed by atoms with van der Waals surface area (Å²) in [6, 6.07) is 4.61. The number of carboxylic acids is 1. The normalized spacial score (nSPS) is 22.1. The van der Waals surface area contributed by atoms with Crippen LogP contribution in [0.4, 0.5) is 0 Å². The van der Waals surface area contributed by atoms with Crippen molar-refractivity contribution in [3.8, 4) is 5.75 Å². The zero-order valence-electron chi connectivity index (χ0n) is 12.0. The molecule has 1 aromatic carbocycles. The first-order valence-corrected chi connectivity index (χ1v) is 7.76. The van der Waals surface area contributed by atoms with Crippen LogP contribution in [0.1, 0.15) is 26.2 Å². The fourth-order valence-electron chi connectivity index (χ4n) is 2.51. The highest BCUT2D eigenvalue weighted by molar-refractivity contribution is 6.34. The lowest BCUT2D eigenvalue weighted by Crippen LogP contribution is -2.41. The van der Waals surface area contributed by atoms with Crippen LogP contribution in [0.25, 0.3) is 0 Å². The molecule has 0 bridgehead atoms. The van der Waals surface area contributed by atoms with Crippen LogP contribution in [-0.2, 0) is 9.59 Å². The number of rotatable bonds is 5. The van der Waals surface area contributed by atoms with Crippen molar-refractivity contribution in [3.05, 3.63) is 28.2 Å². The Kier molecular flexibility index (Phi) is 5.53. The van der Waals surface area contributed by atoms with Gasteiger partial charge in [-0.25, -0.2) is 0 Å². The van der Waals surface area contributed by atoms with Crippen LogP contribution in [-0.4, -0.2) is 29.1 Å². The summed E-state index contributed by atoms with van der Waals surface area (Å²) in [5, 5.41) is 12.6. The highest BCUT2D eigenvalue weighted by atomic mass is 35.5. The molecule has 0 saturated heterocycles. The molecule has 1 aromatic rings. The van der Waals surface area contributed by atoms with Gasteiger partial charge in [0.15, 0.2) is 6.10 Å². The lowest BCUT2D eigenvalue weighted by Gasteiger charge is -2.18. The number of nitrogens with one attached hydrogen (secondary N) is 1. The van der Waals surface area contributed by atoms with E-state index in [0.29, 0.717) is 35.1 Å². The van der Waals surface area contributed by atoms with Crippen LogP contribution in [0.5, 0.6) is 5.75 Å². The van der Waals surface area contributed by atoms with Crippen molar-refractivity contribution < 1.29 is 19.4 Å². The van der Waals surface area contributed by atoms with E-state index in [2.05, 4.69) is 5.32 Å². The van der Waals surface area contributed by atoms with E-state index in [4.69, 9.17) is 33.0 Å². The van der Waals surface area contributed by atoms with Gasteiger partial charge in [-0.05, 0) is 44.4 Å². The summed E-state index contributed by atoms with van der Waals surface area (Å²) >= 11 is 11.8. The van der Waals surface area contributed by atoms with Crippen molar-refractivity contribution in [2.24, 2.45) is 5.92 Å². The van der Waals surface area contributed by atoms with E-state index in [1.54, 1.807) is 25.1 Å². The topological polar surface area (TPSA) is 75.6 Å². The smallest absolute Gasteiger partial charge is 0.306 e. The number of ether oxygens (including phenoxy) is 1. The fraction of sp³-hybridized carbons (Fsp3) is 0.467. The van der Waals surface area contributed by atoms with Crippen molar-refractivity contribution in [2.45, 2.75) is 38.3 Å². The van der Waals surface area contributed by atoms with E-state index in [0.717, 1.165) is 0 Å². The highest BCUT2D eigenvalue weighted by Crippen LogP contribution is 2.27. The molecule has 7 heteroatoms. The molecular formula is C15H17Cl2NO4. The Labute approximate surface area is 138 Å². The first-order chi connectivity index (χ1) is 10.3. The van der Waals surface area contributed by atoms with Gasteiger partial charge in [-0.15, -0.1) is 0 Å².